The van der Waals surface area contributed by atoms with E-state index in [1.807, 2.05) is 12.1 Å². The average molecular weight is 1120 g/mol. The van der Waals surface area contributed by atoms with E-state index in [0.29, 0.717) is 11.1 Å². The summed E-state index contributed by atoms with van der Waals surface area (Å²) < 4.78 is 14.6. The molecule has 18 rings (SSSR count). The first-order valence-electron chi connectivity index (χ1n) is 29.7. The smallest absolute Gasteiger partial charge is 0.256 e. The summed E-state index contributed by atoms with van der Waals surface area (Å²) in [6.07, 6.45) is 0. The highest BCUT2D eigenvalue weighted by Gasteiger charge is 2.43. The van der Waals surface area contributed by atoms with E-state index in [2.05, 4.69) is 304 Å². The van der Waals surface area contributed by atoms with Crippen molar-refractivity contribution < 1.29 is 4.74 Å². The molecular weight excluding hydrogens is 1070 g/mol. The third-order valence-corrected chi connectivity index (χ3v) is 18.4. The number of benzene rings is 13. The largest absolute Gasteiger partial charge is 0.458 e. The Hall–Kier alpha value is -12.1. The summed E-state index contributed by atoms with van der Waals surface area (Å²) >= 11 is 0. The second kappa shape index (κ2) is 19.2. The number of aromatic nitrogens is 3. The van der Waals surface area contributed by atoms with Gasteiger partial charge in [-0.3, -0.25) is 0 Å². The van der Waals surface area contributed by atoms with E-state index in [1.165, 1.54) is 10.8 Å². The molecule has 0 saturated carbocycles. The van der Waals surface area contributed by atoms with E-state index in [9.17, 15) is 10.5 Å². The lowest BCUT2D eigenvalue weighted by Crippen LogP contribution is -2.59. The van der Waals surface area contributed by atoms with E-state index in [4.69, 9.17) is 4.74 Å². The summed E-state index contributed by atoms with van der Waals surface area (Å²) in [7, 11) is 0. The minimum Gasteiger partial charge on any atom is -0.458 e. The fraction of sp³-hybridized carbons (Fsp3) is 0. The van der Waals surface area contributed by atoms with Crippen molar-refractivity contribution in [1.29, 1.82) is 10.5 Å². The predicted octanol–water partition coefficient (Wildman–Crippen LogP) is 18.1. The molecule has 0 aliphatic carbocycles. The lowest BCUT2D eigenvalue weighted by atomic mass is 9.34. The van der Waals surface area contributed by atoms with Crippen LogP contribution in [0.15, 0.2) is 285 Å². The van der Waals surface area contributed by atoms with E-state index >= 15 is 0 Å². The van der Waals surface area contributed by atoms with Gasteiger partial charge in [0.25, 0.3) is 6.71 Å². The van der Waals surface area contributed by atoms with Crippen LogP contribution in [0.3, 0.4) is 0 Å². The number of rotatable bonds is 7. The first-order chi connectivity index (χ1) is 43.6. The van der Waals surface area contributed by atoms with Gasteiger partial charge in [0.05, 0.1) is 73.4 Å². The van der Waals surface area contributed by atoms with Gasteiger partial charge in [-0.25, -0.2) is 0 Å². The second-order valence-corrected chi connectivity index (χ2v) is 23.0. The van der Waals surface area contributed by atoms with Gasteiger partial charge >= 0.3 is 0 Å². The molecule has 7 nitrogen and oxygen atoms in total. The van der Waals surface area contributed by atoms with Crippen LogP contribution in [0.5, 0.6) is 11.5 Å². The Labute approximate surface area is 506 Å². The van der Waals surface area contributed by atoms with Crippen molar-refractivity contribution in [2.45, 2.75) is 0 Å². The standard InChI is InChI=1S/C80H47BN6O/c82-48-50-34-41-75(86-73-32-16-9-25-62(73)63-26-10-17-33-74(63)86)65(42-50)52-36-39-66-76(43-52)87(68-27-11-4-20-57(68)51-18-2-1-3-19-51)77-46-56(85-71-30-14-7-23-60(71)61-24-8-15-31-72(61)85)47-79-80(77)81(66)67-40-37-53(44-78(67)88-79)64-45-55(38-35-54(64)49-83)84-69-28-12-5-21-58(69)59-22-6-13-29-70(59)84/h1-47H. The lowest BCUT2D eigenvalue weighted by Gasteiger charge is -2.41. The molecule has 0 saturated heterocycles. The first-order valence-corrected chi connectivity index (χ1v) is 29.7. The highest BCUT2D eigenvalue weighted by atomic mass is 16.5. The van der Waals surface area contributed by atoms with Crippen molar-refractivity contribution in [2.24, 2.45) is 0 Å². The van der Waals surface area contributed by atoms with Crippen LogP contribution in [0.25, 0.3) is 116 Å². The monoisotopic (exact) mass is 1120 g/mol. The van der Waals surface area contributed by atoms with Gasteiger partial charge in [0.15, 0.2) is 0 Å². The zero-order valence-electron chi connectivity index (χ0n) is 47.3. The minimum absolute atomic E-state index is 0.291. The maximum absolute atomic E-state index is 10.9. The van der Waals surface area contributed by atoms with Crippen molar-refractivity contribution in [3.05, 3.63) is 296 Å². The molecule has 0 atom stereocenters. The summed E-state index contributed by atoms with van der Waals surface area (Å²) in [5, 5.41) is 28.6. The van der Waals surface area contributed by atoms with Crippen molar-refractivity contribution in [1.82, 2.24) is 13.7 Å². The minimum atomic E-state index is -0.291. The SMILES string of the molecule is N#Cc1ccc(-n2c3ccccc3c3ccccc32)c(-c2ccc3c(c2)N(c2ccccc2-c2ccccc2)c2cc(-n4c5ccccc5c5ccccc54)cc4c2B3c2ccc(-c3cc(-n5c6ccccc6c6ccccc65)ccc3C#N)cc2O4)c1. The van der Waals surface area contributed by atoms with Gasteiger partial charge in [0, 0.05) is 72.1 Å². The molecule has 13 aromatic carbocycles. The van der Waals surface area contributed by atoms with Crippen molar-refractivity contribution in [2.75, 3.05) is 4.90 Å². The van der Waals surface area contributed by atoms with Gasteiger partial charge in [-0.1, -0.05) is 182 Å². The Balaban J connectivity index is 0.908. The van der Waals surface area contributed by atoms with E-state index in [-0.39, 0.29) is 6.71 Å². The highest BCUT2D eigenvalue weighted by molar-refractivity contribution is 6.99. The van der Waals surface area contributed by atoms with E-state index < -0.39 is 0 Å². The maximum Gasteiger partial charge on any atom is 0.256 e. The molecule has 2 aliphatic rings. The van der Waals surface area contributed by atoms with Gasteiger partial charge in [0.1, 0.15) is 11.5 Å². The number of nitrogens with zero attached hydrogens (tertiary/aromatic N) is 6. The van der Waals surface area contributed by atoms with E-state index in [0.717, 1.165) is 150 Å². The van der Waals surface area contributed by atoms with Crippen LogP contribution >= 0.6 is 0 Å². The topological polar surface area (TPSA) is 74.8 Å². The fourth-order valence-corrected chi connectivity index (χ4v) is 14.6. The molecule has 16 aromatic rings. The summed E-state index contributed by atoms with van der Waals surface area (Å²) in [5.74, 6) is 1.46. The maximum atomic E-state index is 10.9. The molecule has 0 unspecified atom stereocenters. The van der Waals surface area contributed by atoms with Crippen LogP contribution in [0.2, 0.25) is 0 Å². The molecule has 0 amide bonds. The quantitative estimate of drug-likeness (QED) is 0.149. The molecule has 0 spiro atoms. The van der Waals surface area contributed by atoms with Crippen molar-refractivity contribution >= 4 is 106 Å². The lowest BCUT2D eigenvalue weighted by molar-refractivity contribution is 0.487. The van der Waals surface area contributed by atoms with E-state index in [1.54, 1.807) is 0 Å². The zero-order valence-corrected chi connectivity index (χ0v) is 47.3. The van der Waals surface area contributed by atoms with Crippen molar-refractivity contribution in [3.8, 4) is 74.1 Å². The van der Waals surface area contributed by atoms with Crippen LogP contribution in [0.1, 0.15) is 11.1 Å². The molecular formula is C80H47BN6O. The average Bonchev–Trinajstić information content (AvgIpc) is 0.870. The Morgan fingerprint density at radius 1 is 0.307 bits per heavy atom. The molecule has 88 heavy (non-hydrogen) atoms. The number of hydrogen-bond acceptors (Lipinski definition) is 4. The van der Waals surface area contributed by atoms with Crippen LogP contribution in [0.4, 0.5) is 17.1 Å². The van der Waals surface area contributed by atoms with Gasteiger partial charge in [-0.15, -0.1) is 0 Å². The molecule has 2 aliphatic heterocycles. The van der Waals surface area contributed by atoms with Crippen LogP contribution < -0.4 is 26.0 Å². The number of nitriles is 2. The van der Waals surface area contributed by atoms with Gasteiger partial charge in [-0.2, -0.15) is 10.5 Å². The molecule has 8 heteroatoms. The highest BCUT2D eigenvalue weighted by Crippen LogP contribution is 2.49. The van der Waals surface area contributed by atoms with Crippen LogP contribution in [-0.2, 0) is 0 Å². The van der Waals surface area contributed by atoms with Crippen LogP contribution in [0, 0.1) is 22.7 Å². The molecule has 0 radical (unpaired) electrons. The number of fused-ring (bicyclic) bond motifs is 13. The molecule has 0 fully saturated rings. The van der Waals surface area contributed by atoms with Crippen molar-refractivity contribution in [3.63, 3.8) is 0 Å². The van der Waals surface area contributed by atoms with Gasteiger partial charge in [-0.05, 0) is 130 Å². The zero-order chi connectivity index (χ0) is 58.1. The number of ether oxygens (including phenoxy) is 1. The number of anilines is 3. The fourth-order valence-electron chi connectivity index (χ4n) is 14.6. The van der Waals surface area contributed by atoms with Crippen LogP contribution in [-0.4, -0.2) is 20.4 Å². The Morgan fingerprint density at radius 2 is 0.830 bits per heavy atom. The molecule has 5 heterocycles. The first kappa shape index (κ1) is 49.3. The summed E-state index contributed by atoms with van der Waals surface area (Å²) in [4.78, 5) is 2.46. The third kappa shape index (κ3) is 7.24. The third-order valence-electron chi connectivity index (χ3n) is 18.4. The summed E-state index contributed by atoms with van der Waals surface area (Å²) in [6, 6.07) is 106. The second-order valence-electron chi connectivity index (χ2n) is 23.0. The molecule has 406 valence electrons. The number of para-hydroxylation sites is 7. The predicted molar refractivity (Wildman–Crippen MR) is 361 cm³/mol. The normalized spacial score (nSPS) is 12.3. The Bertz CT molecular complexity index is 5580. The van der Waals surface area contributed by atoms with Gasteiger partial charge in [0.2, 0.25) is 0 Å². The molecule has 3 aromatic heterocycles. The number of hydrogen-bond donors (Lipinski definition) is 0. The summed E-state index contributed by atoms with van der Waals surface area (Å²) in [5.41, 5.74) is 22.5. The Kier molecular flexibility index (Phi) is 10.8. The van der Waals surface area contributed by atoms with Gasteiger partial charge < -0.3 is 23.3 Å². The molecule has 0 N–H and O–H groups in total. The summed E-state index contributed by atoms with van der Waals surface area (Å²) in [6.45, 7) is -0.291. The Morgan fingerprint density at radius 3 is 1.42 bits per heavy atom. The molecule has 0 bridgehead atoms.